The number of benzene rings is 1. The van der Waals surface area contributed by atoms with Crippen LogP contribution >= 0.6 is 0 Å². The topological polar surface area (TPSA) is 53.5 Å². The first-order valence-corrected chi connectivity index (χ1v) is 8.37. The molecule has 5 nitrogen and oxygen atoms in total. The fourth-order valence-electron chi connectivity index (χ4n) is 3.67. The summed E-state index contributed by atoms with van der Waals surface area (Å²) in [6, 6.07) is 14.3. The van der Waals surface area contributed by atoms with Crippen LogP contribution < -0.4 is 0 Å². The number of rotatable bonds is 3. The van der Waals surface area contributed by atoms with Crippen molar-refractivity contribution in [1.29, 1.82) is 0 Å². The van der Waals surface area contributed by atoms with Gasteiger partial charge >= 0.3 is 6.03 Å². The van der Waals surface area contributed by atoms with Crippen molar-refractivity contribution in [3.63, 3.8) is 0 Å². The Labute approximate surface area is 140 Å². The zero-order chi connectivity index (χ0) is 16.5. The molecule has 5 heteroatoms. The van der Waals surface area contributed by atoms with Gasteiger partial charge in [-0.1, -0.05) is 36.4 Å². The number of carbonyl (C=O) groups is 2. The van der Waals surface area contributed by atoms with E-state index in [1.165, 1.54) is 4.90 Å². The predicted molar refractivity (Wildman–Crippen MR) is 89.1 cm³/mol. The van der Waals surface area contributed by atoms with Crippen molar-refractivity contribution in [3.8, 4) is 0 Å². The summed E-state index contributed by atoms with van der Waals surface area (Å²) in [6.45, 7) is 0.662. The molecule has 2 fully saturated rings. The van der Waals surface area contributed by atoms with E-state index in [9.17, 15) is 9.59 Å². The lowest BCUT2D eigenvalue weighted by Crippen LogP contribution is -2.39. The van der Waals surface area contributed by atoms with E-state index in [1.54, 1.807) is 11.1 Å². The Bertz CT molecular complexity index is 684. The Morgan fingerprint density at radius 2 is 1.79 bits per heavy atom. The highest BCUT2D eigenvalue weighted by Gasteiger charge is 2.49. The van der Waals surface area contributed by atoms with Crippen LogP contribution in [0.3, 0.4) is 0 Å². The molecule has 3 heterocycles. The first-order valence-electron chi connectivity index (χ1n) is 8.37. The zero-order valence-corrected chi connectivity index (χ0v) is 13.3. The largest absolute Gasteiger partial charge is 0.328 e. The second-order valence-corrected chi connectivity index (χ2v) is 6.26. The normalized spacial score (nSPS) is 21.8. The van der Waals surface area contributed by atoms with Crippen LogP contribution in [-0.2, 0) is 4.79 Å². The minimum atomic E-state index is -0.474. The number of imide groups is 1. The highest BCUT2D eigenvalue weighted by atomic mass is 16.2. The van der Waals surface area contributed by atoms with E-state index in [-0.39, 0.29) is 18.0 Å². The lowest BCUT2D eigenvalue weighted by atomic mass is 10.00. The molecule has 122 valence electrons. The van der Waals surface area contributed by atoms with E-state index in [1.807, 2.05) is 48.5 Å². The molecule has 2 aliphatic heterocycles. The van der Waals surface area contributed by atoms with Crippen molar-refractivity contribution in [2.75, 3.05) is 6.54 Å². The van der Waals surface area contributed by atoms with Gasteiger partial charge in [0.05, 0.1) is 5.69 Å². The Hall–Kier alpha value is -2.69. The maximum Gasteiger partial charge on any atom is 0.328 e. The summed E-state index contributed by atoms with van der Waals surface area (Å²) in [6.07, 6.45) is 4.41. The Morgan fingerprint density at radius 3 is 2.50 bits per heavy atom. The van der Waals surface area contributed by atoms with Gasteiger partial charge in [0, 0.05) is 12.7 Å². The van der Waals surface area contributed by atoms with Gasteiger partial charge in [-0.25, -0.2) is 9.69 Å². The van der Waals surface area contributed by atoms with E-state index in [0.29, 0.717) is 12.2 Å². The number of nitrogens with zero attached hydrogens (tertiary/aromatic N) is 3. The summed E-state index contributed by atoms with van der Waals surface area (Å²) in [5.74, 6) is -0.0980. The van der Waals surface area contributed by atoms with E-state index >= 15 is 0 Å². The van der Waals surface area contributed by atoms with Crippen molar-refractivity contribution < 1.29 is 9.59 Å². The predicted octanol–water partition coefficient (Wildman–Crippen LogP) is 2.99. The van der Waals surface area contributed by atoms with Gasteiger partial charge in [-0.3, -0.25) is 9.78 Å². The van der Waals surface area contributed by atoms with Crippen LogP contribution in [0.5, 0.6) is 0 Å². The smallest absolute Gasteiger partial charge is 0.312 e. The molecule has 0 radical (unpaired) electrons. The average molecular weight is 321 g/mol. The van der Waals surface area contributed by atoms with Gasteiger partial charge in [0.2, 0.25) is 0 Å². The third-order valence-electron chi connectivity index (χ3n) is 4.82. The maximum absolute atomic E-state index is 13.0. The summed E-state index contributed by atoms with van der Waals surface area (Å²) < 4.78 is 0. The molecule has 4 rings (SSSR count). The molecule has 2 aliphatic rings. The number of aromatic nitrogens is 1. The molecule has 2 atom stereocenters. The second-order valence-electron chi connectivity index (χ2n) is 6.26. The van der Waals surface area contributed by atoms with Gasteiger partial charge in [-0.05, 0) is 37.0 Å². The van der Waals surface area contributed by atoms with Gasteiger partial charge in [0.15, 0.2) is 0 Å². The second kappa shape index (κ2) is 6.07. The van der Waals surface area contributed by atoms with Gasteiger partial charge in [-0.15, -0.1) is 0 Å². The van der Waals surface area contributed by atoms with Crippen molar-refractivity contribution in [1.82, 2.24) is 14.8 Å². The standard InChI is InChI=1S/C19H19N3O2/c23-18-16-11-5-7-13-21(16)19(24)22(18)17(14-8-2-1-3-9-14)15-10-4-6-12-20-15/h1-4,6,8-10,12,16-17H,5,7,11,13H2/t16-,17+/m1/s1. The summed E-state index contributed by atoms with van der Waals surface area (Å²) in [7, 11) is 0. The minimum Gasteiger partial charge on any atom is -0.312 e. The van der Waals surface area contributed by atoms with Gasteiger partial charge in [0.1, 0.15) is 12.1 Å². The first-order chi connectivity index (χ1) is 11.8. The number of pyridine rings is 1. The molecule has 1 aromatic heterocycles. The lowest BCUT2D eigenvalue weighted by molar-refractivity contribution is -0.130. The van der Waals surface area contributed by atoms with E-state index in [2.05, 4.69) is 4.98 Å². The average Bonchev–Trinajstić information content (AvgIpc) is 2.90. The van der Waals surface area contributed by atoms with Crippen LogP contribution in [0, 0.1) is 0 Å². The zero-order valence-electron chi connectivity index (χ0n) is 13.3. The summed E-state index contributed by atoms with van der Waals surface area (Å²) in [4.78, 5) is 33.5. The van der Waals surface area contributed by atoms with E-state index in [4.69, 9.17) is 0 Å². The molecule has 24 heavy (non-hydrogen) atoms. The van der Waals surface area contributed by atoms with Crippen LogP contribution in [0.25, 0.3) is 0 Å². The SMILES string of the molecule is O=C1[C@H]2CCCCN2C(=O)N1[C@@H](c1ccccc1)c1ccccn1. The number of hydrogen-bond acceptors (Lipinski definition) is 3. The number of urea groups is 1. The van der Waals surface area contributed by atoms with Gasteiger partial charge < -0.3 is 4.90 Å². The molecular weight excluding hydrogens is 302 g/mol. The Morgan fingerprint density at radius 1 is 1.00 bits per heavy atom. The third-order valence-corrected chi connectivity index (χ3v) is 4.82. The third kappa shape index (κ3) is 2.37. The van der Waals surface area contributed by atoms with Crippen molar-refractivity contribution in [2.24, 2.45) is 0 Å². The van der Waals surface area contributed by atoms with Crippen LogP contribution in [-0.4, -0.2) is 39.3 Å². The number of fused-ring (bicyclic) bond motifs is 1. The van der Waals surface area contributed by atoms with E-state index < -0.39 is 6.04 Å². The quantitative estimate of drug-likeness (QED) is 0.817. The van der Waals surface area contributed by atoms with Crippen molar-refractivity contribution >= 4 is 11.9 Å². The van der Waals surface area contributed by atoms with E-state index in [0.717, 1.165) is 24.8 Å². The maximum atomic E-state index is 13.0. The highest BCUT2D eigenvalue weighted by molar-refractivity contribution is 6.05. The van der Waals surface area contributed by atoms with Gasteiger partial charge in [0.25, 0.3) is 5.91 Å². The first kappa shape index (κ1) is 14.9. The molecule has 0 saturated carbocycles. The summed E-state index contributed by atoms with van der Waals surface area (Å²) in [5, 5.41) is 0. The van der Waals surface area contributed by atoms with Crippen LogP contribution in [0.4, 0.5) is 4.79 Å². The monoisotopic (exact) mass is 321 g/mol. The molecule has 0 N–H and O–H groups in total. The minimum absolute atomic E-state index is 0.0980. The van der Waals surface area contributed by atoms with Crippen LogP contribution in [0.15, 0.2) is 54.7 Å². The Kier molecular flexibility index (Phi) is 3.76. The molecule has 0 spiro atoms. The van der Waals surface area contributed by atoms with Crippen molar-refractivity contribution in [3.05, 3.63) is 66.0 Å². The molecule has 2 aromatic rings. The fraction of sp³-hybridized carbons (Fsp3) is 0.316. The Balaban J connectivity index is 1.79. The molecule has 0 aliphatic carbocycles. The molecule has 0 unspecified atom stereocenters. The number of carbonyl (C=O) groups excluding carboxylic acids is 2. The van der Waals surface area contributed by atoms with Crippen LogP contribution in [0.1, 0.15) is 36.6 Å². The molecule has 2 saturated heterocycles. The summed E-state index contributed by atoms with van der Waals surface area (Å²) >= 11 is 0. The fourth-order valence-corrected chi connectivity index (χ4v) is 3.67. The molecular formula is C19H19N3O2. The molecule has 1 aromatic carbocycles. The highest BCUT2D eigenvalue weighted by Crippen LogP contribution is 2.35. The lowest BCUT2D eigenvalue weighted by Gasteiger charge is -2.27. The molecule has 3 amide bonds. The van der Waals surface area contributed by atoms with Crippen LogP contribution in [0.2, 0.25) is 0 Å². The molecule has 0 bridgehead atoms. The number of piperidine rings is 1. The summed E-state index contributed by atoms with van der Waals surface area (Å²) in [5.41, 5.74) is 1.61. The number of amides is 3. The van der Waals surface area contributed by atoms with Gasteiger partial charge in [-0.2, -0.15) is 0 Å². The number of hydrogen-bond donors (Lipinski definition) is 0. The van der Waals surface area contributed by atoms with Crippen molar-refractivity contribution in [2.45, 2.75) is 31.3 Å².